The summed E-state index contributed by atoms with van der Waals surface area (Å²) < 4.78 is 1.13. The average Bonchev–Trinajstić information content (AvgIpc) is 2.61. The van der Waals surface area contributed by atoms with Gasteiger partial charge >= 0.3 is 0 Å². The van der Waals surface area contributed by atoms with Crippen LogP contribution in [0.2, 0.25) is 0 Å². The minimum absolute atomic E-state index is 0.269. The molecule has 0 bridgehead atoms. The SMILES string of the molecule is CNc1cc(N2CCN[C@H](c3ccccc3Br)C2)nc(NC)n1. The molecule has 0 radical (unpaired) electrons. The van der Waals surface area contributed by atoms with Crippen molar-refractivity contribution in [2.45, 2.75) is 6.04 Å². The topological polar surface area (TPSA) is 65.1 Å². The van der Waals surface area contributed by atoms with E-state index in [1.807, 2.05) is 26.2 Å². The summed E-state index contributed by atoms with van der Waals surface area (Å²) in [6.45, 7) is 2.70. The molecule has 1 aromatic carbocycles. The van der Waals surface area contributed by atoms with Crippen LogP contribution >= 0.6 is 15.9 Å². The second-order valence-electron chi connectivity index (χ2n) is 5.41. The molecule has 2 heterocycles. The fourth-order valence-electron chi connectivity index (χ4n) is 2.76. The lowest BCUT2D eigenvalue weighted by atomic mass is 10.0. The number of nitrogens with zero attached hydrogens (tertiary/aromatic N) is 3. The Morgan fingerprint density at radius 3 is 2.78 bits per heavy atom. The van der Waals surface area contributed by atoms with Gasteiger partial charge in [-0.05, 0) is 11.6 Å². The molecule has 122 valence electrons. The molecule has 1 aromatic heterocycles. The maximum atomic E-state index is 4.60. The Morgan fingerprint density at radius 1 is 1.22 bits per heavy atom. The summed E-state index contributed by atoms with van der Waals surface area (Å²) in [4.78, 5) is 11.3. The van der Waals surface area contributed by atoms with E-state index in [4.69, 9.17) is 0 Å². The number of anilines is 3. The molecular weight excluding hydrogens is 356 g/mol. The van der Waals surface area contributed by atoms with Gasteiger partial charge in [0, 0.05) is 44.3 Å². The number of halogens is 1. The van der Waals surface area contributed by atoms with Gasteiger partial charge in [0.25, 0.3) is 0 Å². The van der Waals surface area contributed by atoms with E-state index in [1.165, 1.54) is 5.56 Å². The second-order valence-corrected chi connectivity index (χ2v) is 6.26. The number of nitrogens with one attached hydrogen (secondary N) is 3. The summed E-state index contributed by atoms with van der Waals surface area (Å²) in [5, 5.41) is 9.70. The Balaban J connectivity index is 1.85. The van der Waals surface area contributed by atoms with E-state index >= 15 is 0 Å². The molecule has 1 aliphatic rings. The van der Waals surface area contributed by atoms with E-state index < -0.39 is 0 Å². The molecule has 23 heavy (non-hydrogen) atoms. The molecule has 0 spiro atoms. The lowest BCUT2D eigenvalue weighted by Crippen LogP contribution is -2.46. The van der Waals surface area contributed by atoms with Crippen LogP contribution in [-0.2, 0) is 0 Å². The molecule has 3 N–H and O–H groups in total. The van der Waals surface area contributed by atoms with Crippen molar-refractivity contribution in [3.05, 3.63) is 40.4 Å². The molecule has 0 saturated carbocycles. The summed E-state index contributed by atoms with van der Waals surface area (Å²) in [5.74, 6) is 2.38. The molecule has 0 unspecified atom stereocenters. The van der Waals surface area contributed by atoms with Crippen LogP contribution in [0.25, 0.3) is 0 Å². The Kier molecular flexibility index (Phi) is 4.97. The number of piperazine rings is 1. The van der Waals surface area contributed by atoms with Crippen molar-refractivity contribution in [1.82, 2.24) is 15.3 Å². The van der Waals surface area contributed by atoms with E-state index in [-0.39, 0.29) is 6.04 Å². The minimum atomic E-state index is 0.269. The third kappa shape index (κ3) is 3.56. The second kappa shape index (κ2) is 7.14. The lowest BCUT2D eigenvalue weighted by Gasteiger charge is -2.35. The van der Waals surface area contributed by atoms with Crippen LogP contribution in [0.15, 0.2) is 34.8 Å². The smallest absolute Gasteiger partial charge is 0.226 e. The minimum Gasteiger partial charge on any atom is -0.373 e. The van der Waals surface area contributed by atoms with E-state index in [9.17, 15) is 0 Å². The molecule has 0 amide bonds. The zero-order valence-electron chi connectivity index (χ0n) is 13.3. The highest BCUT2D eigenvalue weighted by molar-refractivity contribution is 9.10. The maximum absolute atomic E-state index is 4.60. The fraction of sp³-hybridized carbons (Fsp3) is 0.375. The van der Waals surface area contributed by atoms with Gasteiger partial charge in [-0.15, -0.1) is 0 Å². The highest BCUT2D eigenvalue weighted by Crippen LogP contribution is 2.27. The van der Waals surface area contributed by atoms with Crippen molar-refractivity contribution in [2.75, 3.05) is 49.3 Å². The normalized spacial score (nSPS) is 17.9. The Hall–Kier alpha value is -1.86. The first-order valence-corrected chi connectivity index (χ1v) is 8.48. The van der Waals surface area contributed by atoms with Gasteiger partial charge in [0.05, 0.1) is 6.04 Å². The largest absolute Gasteiger partial charge is 0.373 e. The van der Waals surface area contributed by atoms with E-state index in [1.54, 1.807) is 0 Å². The standard InChI is InChI=1S/C16H21BrN6/c1-18-14-9-15(22-16(19-2)21-14)23-8-7-20-13(10-23)11-5-3-4-6-12(11)17/h3-6,9,13,20H,7-8,10H2,1-2H3,(H2,18,19,21,22)/t13-/m0/s1. The summed E-state index contributed by atoms with van der Waals surface area (Å²) in [6.07, 6.45) is 0. The third-order valence-corrected chi connectivity index (χ3v) is 4.69. The zero-order valence-corrected chi connectivity index (χ0v) is 14.9. The average molecular weight is 377 g/mol. The molecule has 0 aliphatic carbocycles. The van der Waals surface area contributed by atoms with Gasteiger partial charge in [-0.3, -0.25) is 0 Å². The molecule has 6 nitrogen and oxygen atoms in total. The predicted molar refractivity (Wildman–Crippen MR) is 98.2 cm³/mol. The highest BCUT2D eigenvalue weighted by atomic mass is 79.9. The van der Waals surface area contributed by atoms with Gasteiger partial charge in [-0.1, -0.05) is 34.1 Å². The maximum Gasteiger partial charge on any atom is 0.226 e. The van der Waals surface area contributed by atoms with Crippen LogP contribution in [0, 0.1) is 0 Å². The first-order valence-electron chi connectivity index (χ1n) is 7.68. The summed E-state index contributed by atoms with van der Waals surface area (Å²) in [7, 11) is 3.70. The van der Waals surface area contributed by atoms with Gasteiger partial charge < -0.3 is 20.9 Å². The van der Waals surface area contributed by atoms with Crippen LogP contribution in [0.1, 0.15) is 11.6 Å². The van der Waals surface area contributed by atoms with Gasteiger partial charge in [-0.25, -0.2) is 0 Å². The highest BCUT2D eigenvalue weighted by Gasteiger charge is 2.23. The van der Waals surface area contributed by atoms with Crippen LogP contribution < -0.4 is 20.9 Å². The van der Waals surface area contributed by atoms with Crippen molar-refractivity contribution in [2.24, 2.45) is 0 Å². The van der Waals surface area contributed by atoms with E-state index in [0.29, 0.717) is 5.95 Å². The molecular formula is C16H21BrN6. The summed E-state index contributed by atoms with van der Waals surface area (Å²) in [5.41, 5.74) is 1.27. The first kappa shape index (κ1) is 16.0. The molecule has 3 rings (SSSR count). The zero-order chi connectivity index (χ0) is 16.2. The van der Waals surface area contributed by atoms with Crippen molar-refractivity contribution in [3.63, 3.8) is 0 Å². The number of benzene rings is 1. The molecule has 1 saturated heterocycles. The van der Waals surface area contributed by atoms with Crippen molar-refractivity contribution in [1.29, 1.82) is 0 Å². The molecule has 7 heteroatoms. The van der Waals surface area contributed by atoms with E-state index in [0.717, 1.165) is 35.7 Å². The fourth-order valence-corrected chi connectivity index (χ4v) is 3.32. The van der Waals surface area contributed by atoms with Crippen LogP contribution in [0.4, 0.5) is 17.6 Å². The summed E-state index contributed by atoms with van der Waals surface area (Å²) >= 11 is 3.65. The molecule has 1 atom stereocenters. The lowest BCUT2D eigenvalue weighted by molar-refractivity contribution is 0.468. The van der Waals surface area contributed by atoms with Crippen LogP contribution in [0.3, 0.4) is 0 Å². The third-order valence-electron chi connectivity index (χ3n) is 3.97. The Labute approximate surface area is 144 Å². The van der Waals surface area contributed by atoms with Gasteiger partial charge in [0.1, 0.15) is 11.6 Å². The monoisotopic (exact) mass is 376 g/mol. The molecule has 1 fully saturated rings. The molecule has 1 aliphatic heterocycles. The van der Waals surface area contributed by atoms with Crippen molar-refractivity contribution < 1.29 is 0 Å². The van der Waals surface area contributed by atoms with E-state index in [2.05, 4.69) is 64.9 Å². The Morgan fingerprint density at radius 2 is 2.04 bits per heavy atom. The quantitative estimate of drug-likeness (QED) is 0.761. The number of rotatable bonds is 4. The first-order chi connectivity index (χ1) is 11.2. The number of hydrogen-bond acceptors (Lipinski definition) is 6. The van der Waals surface area contributed by atoms with Crippen LogP contribution in [0.5, 0.6) is 0 Å². The number of aromatic nitrogens is 2. The summed E-state index contributed by atoms with van der Waals surface area (Å²) in [6, 6.07) is 10.6. The van der Waals surface area contributed by atoms with Crippen molar-refractivity contribution in [3.8, 4) is 0 Å². The van der Waals surface area contributed by atoms with Crippen LogP contribution in [-0.4, -0.2) is 43.7 Å². The van der Waals surface area contributed by atoms with Gasteiger partial charge in [0.15, 0.2) is 0 Å². The van der Waals surface area contributed by atoms with Gasteiger partial charge in [-0.2, -0.15) is 9.97 Å². The number of hydrogen-bond donors (Lipinski definition) is 3. The van der Waals surface area contributed by atoms with Crippen molar-refractivity contribution >= 4 is 33.5 Å². The Bertz CT molecular complexity index is 655. The van der Waals surface area contributed by atoms with Gasteiger partial charge in [0.2, 0.25) is 5.95 Å². The molecule has 2 aromatic rings. The predicted octanol–water partition coefficient (Wildman–Crippen LogP) is 2.47.